The summed E-state index contributed by atoms with van der Waals surface area (Å²) >= 11 is 0. The number of oxime groups is 1. The van der Waals surface area contributed by atoms with E-state index in [-0.39, 0.29) is 12.5 Å². The zero-order valence-corrected chi connectivity index (χ0v) is 12.9. The number of carbonyl (C=O) groups excluding carboxylic acids is 1. The summed E-state index contributed by atoms with van der Waals surface area (Å²) in [5.41, 5.74) is 0.787. The van der Waals surface area contributed by atoms with E-state index in [0.29, 0.717) is 24.0 Å². The minimum Gasteiger partial charge on any atom is -0.493 e. The predicted octanol–water partition coefficient (Wildman–Crippen LogP) is 1.83. The number of ether oxygens (including phenoxy) is 2. The van der Waals surface area contributed by atoms with E-state index < -0.39 is 0 Å². The van der Waals surface area contributed by atoms with Crippen LogP contribution < -0.4 is 14.8 Å². The first kappa shape index (κ1) is 16.8. The Morgan fingerprint density at radius 2 is 2.00 bits per heavy atom. The molecule has 1 aromatic carbocycles. The third kappa shape index (κ3) is 6.16. The molecule has 1 aromatic rings. The van der Waals surface area contributed by atoms with Gasteiger partial charge in [-0.1, -0.05) is 19.0 Å². The zero-order valence-electron chi connectivity index (χ0n) is 12.9. The summed E-state index contributed by atoms with van der Waals surface area (Å²) in [4.78, 5) is 16.3. The van der Waals surface area contributed by atoms with Crippen molar-refractivity contribution in [3.05, 3.63) is 23.8 Å². The number of hydrogen-bond acceptors (Lipinski definition) is 5. The van der Waals surface area contributed by atoms with Gasteiger partial charge in [0.15, 0.2) is 18.1 Å². The SMILES string of the molecule is COc1ccc(/C=N\OCC(=O)NCC(C)C)cc1OC. The Morgan fingerprint density at radius 1 is 1.29 bits per heavy atom. The van der Waals surface area contributed by atoms with Gasteiger partial charge >= 0.3 is 0 Å². The number of methoxy groups -OCH3 is 2. The van der Waals surface area contributed by atoms with Crippen LogP contribution >= 0.6 is 0 Å². The molecule has 6 nitrogen and oxygen atoms in total. The second-order valence-corrected chi connectivity index (χ2v) is 4.82. The molecular formula is C15H22N2O4. The predicted molar refractivity (Wildman–Crippen MR) is 80.9 cm³/mol. The first-order valence-corrected chi connectivity index (χ1v) is 6.71. The van der Waals surface area contributed by atoms with Crippen LogP contribution in [0.2, 0.25) is 0 Å². The Bertz CT molecular complexity index is 487. The smallest absolute Gasteiger partial charge is 0.260 e. The van der Waals surface area contributed by atoms with Gasteiger partial charge in [0.05, 0.1) is 20.4 Å². The minimum atomic E-state index is -0.187. The largest absolute Gasteiger partial charge is 0.493 e. The van der Waals surface area contributed by atoms with E-state index in [1.54, 1.807) is 26.4 Å². The Balaban J connectivity index is 2.45. The van der Waals surface area contributed by atoms with Gasteiger partial charge in [0.25, 0.3) is 5.91 Å². The molecule has 0 spiro atoms. The molecule has 1 amide bonds. The van der Waals surface area contributed by atoms with E-state index in [1.807, 2.05) is 19.9 Å². The summed E-state index contributed by atoms with van der Waals surface area (Å²) < 4.78 is 10.3. The number of hydrogen-bond donors (Lipinski definition) is 1. The molecule has 6 heteroatoms. The maximum atomic E-state index is 11.4. The van der Waals surface area contributed by atoms with Gasteiger partial charge in [0, 0.05) is 12.1 Å². The van der Waals surface area contributed by atoms with Crippen molar-refractivity contribution in [1.82, 2.24) is 5.32 Å². The van der Waals surface area contributed by atoms with Crippen molar-refractivity contribution < 1.29 is 19.1 Å². The molecule has 0 aliphatic carbocycles. The molecule has 1 N–H and O–H groups in total. The lowest BCUT2D eigenvalue weighted by atomic mass is 10.2. The minimum absolute atomic E-state index is 0.101. The molecule has 21 heavy (non-hydrogen) atoms. The Morgan fingerprint density at radius 3 is 2.62 bits per heavy atom. The van der Waals surface area contributed by atoms with Crippen LogP contribution in [0.3, 0.4) is 0 Å². The lowest BCUT2D eigenvalue weighted by molar-refractivity contribution is -0.125. The molecule has 0 aliphatic heterocycles. The van der Waals surface area contributed by atoms with Crippen molar-refractivity contribution in [2.45, 2.75) is 13.8 Å². The van der Waals surface area contributed by atoms with E-state index >= 15 is 0 Å². The Labute approximate surface area is 125 Å². The third-order valence-electron chi connectivity index (χ3n) is 2.59. The maximum Gasteiger partial charge on any atom is 0.260 e. The monoisotopic (exact) mass is 294 g/mol. The summed E-state index contributed by atoms with van der Waals surface area (Å²) in [6.45, 7) is 4.57. The Hall–Kier alpha value is -2.24. The van der Waals surface area contributed by atoms with Gasteiger partial charge in [-0.05, 0) is 24.1 Å². The van der Waals surface area contributed by atoms with Crippen LogP contribution in [0.5, 0.6) is 11.5 Å². The van der Waals surface area contributed by atoms with Gasteiger partial charge in [-0.25, -0.2) is 0 Å². The van der Waals surface area contributed by atoms with E-state index in [9.17, 15) is 4.79 Å². The Kier molecular flexibility index (Phi) is 7.08. The molecule has 0 saturated carbocycles. The summed E-state index contributed by atoms with van der Waals surface area (Å²) in [6, 6.07) is 5.35. The lowest BCUT2D eigenvalue weighted by Crippen LogP contribution is -2.30. The van der Waals surface area contributed by atoms with Crippen LogP contribution in [0.4, 0.5) is 0 Å². The second kappa shape index (κ2) is 8.84. The fraction of sp³-hybridized carbons (Fsp3) is 0.467. The standard InChI is InChI=1S/C15H22N2O4/c1-11(2)8-16-15(18)10-21-17-9-12-5-6-13(19-3)14(7-12)20-4/h5-7,9,11H,8,10H2,1-4H3,(H,16,18)/b17-9-. The van der Waals surface area contributed by atoms with Gasteiger partial charge < -0.3 is 19.6 Å². The summed E-state index contributed by atoms with van der Waals surface area (Å²) in [5, 5.41) is 6.50. The molecule has 0 fully saturated rings. The molecule has 0 heterocycles. The number of nitrogens with zero attached hydrogens (tertiary/aromatic N) is 1. The summed E-state index contributed by atoms with van der Waals surface area (Å²) in [6.07, 6.45) is 1.51. The molecular weight excluding hydrogens is 272 g/mol. The van der Waals surface area contributed by atoms with Gasteiger partial charge in [-0.2, -0.15) is 0 Å². The van der Waals surface area contributed by atoms with Crippen molar-refractivity contribution in [3.63, 3.8) is 0 Å². The number of rotatable bonds is 8. The number of amides is 1. The lowest BCUT2D eigenvalue weighted by Gasteiger charge is -2.07. The zero-order chi connectivity index (χ0) is 15.7. The highest BCUT2D eigenvalue weighted by atomic mass is 16.6. The van der Waals surface area contributed by atoms with E-state index in [2.05, 4.69) is 10.5 Å². The molecule has 0 atom stereocenters. The van der Waals surface area contributed by atoms with Crippen LogP contribution in [0, 0.1) is 5.92 Å². The molecule has 1 rings (SSSR count). The van der Waals surface area contributed by atoms with Crippen molar-refractivity contribution >= 4 is 12.1 Å². The van der Waals surface area contributed by atoms with Crippen LogP contribution in [0.15, 0.2) is 23.4 Å². The summed E-state index contributed by atoms with van der Waals surface area (Å²) in [7, 11) is 3.14. The van der Waals surface area contributed by atoms with Crippen molar-refractivity contribution in [3.8, 4) is 11.5 Å². The normalized spacial score (nSPS) is 10.7. The second-order valence-electron chi connectivity index (χ2n) is 4.82. The molecule has 0 aromatic heterocycles. The van der Waals surface area contributed by atoms with Crippen LogP contribution in [0.25, 0.3) is 0 Å². The molecule has 0 saturated heterocycles. The summed E-state index contributed by atoms with van der Waals surface area (Å²) in [5.74, 6) is 1.47. The number of benzene rings is 1. The highest BCUT2D eigenvalue weighted by Gasteiger charge is 2.04. The van der Waals surface area contributed by atoms with Gasteiger partial charge in [-0.15, -0.1) is 0 Å². The highest BCUT2D eigenvalue weighted by molar-refractivity contribution is 5.81. The number of nitrogens with one attached hydrogen (secondary N) is 1. The quantitative estimate of drug-likeness (QED) is 0.586. The molecule has 0 bridgehead atoms. The first-order chi connectivity index (χ1) is 10.1. The third-order valence-corrected chi connectivity index (χ3v) is 2.59. The average molecular weight is 294 g/mol. The molecule has 0 unspecified atom stereocenters. The van der Waals surface area contributed by atoms with Crippen molar-refractivity contribution in [2.24, 2.45) is 11.1 Å². The maximum absolute atomic E-state index is 11.4. The first-order valence-electron chi connectivity index (χ1n) is 6.71. The molecule has 116 valence electrons. The molecule has 0 aliphatic rings. The van der Waals surface area contributed by atoms with Crippen LogP contribution in [-0.4, -0.2) is 39.5 Å². The fourth-order valence-electron chi connectivity index (χ4n) is 1.50. The van der Waals surface area contributed by atoms with Crippen LogP contribution in [0.1, 0.15) is 19.4 Å². The highest BCUT2D eigenvalue weighted by Crippen LogP contribution is 2.26. The molecule has 0 radical (unpaired) electrons. The average Bonchev–Trinajstić information content (AvgIpc) is 2.49. The fourth-order valence-corrected chi connectivity index (χ4v) is 1.50. The van der Waals surface area contributed by atoms with E-state index in [0.717, 1.165) is 5.56 Å². The van der Waals surface area contributed by atoms with Gasteiger partial charge in [0.2, 0.25) is 0 Å². The van der Waals surface area contributed by atoms with Gasteiger partial charge in [-0.3, -0.25) is 4.79 Å². The van der Waals surface area contributed by atoms with Crippen molar-refractivity contribution in [2.75, 3.05) is 27.4 Å². The van der Waals surface area contributed by atoms with Gasteiger partial charge in [0.1, 0.15) is 0 Å². The van der Waals surface area contributed by atoms with Crippen LogP contribution in [-0.2, 0) is 9.63 Å². The van der Waals surface area contributed by atoms with E-state index in [4.69, 9.17) is 14.3 Å². The van der Waals surface area contributed by atoms with Crippen molar-refractivity contribution in [1.29, 1.82) is 0 Å². The topological polar surface area (TPSA) is 69.2 Å². The van der Waals surface area contributed by atoms with E-state index in [1.165, 1.54) is 6.21 Å². The number of carbonyl (C=O) groups is 1.